The lowest BCUT2D eigenvalue weighted by atomic mass is 9.81. The monoisotopic (exact) mass is 554 g/mol. The van der Waals surface area contributed by atoms with Crippen molar-refractivity contribution in [2.45, 2.75) is 70.7 Å². The topological polar surface area (TPSA) is 140 Å². The van der Waals surface area contributed by atoms with Gasteiger partial charge in [-0.15, -0.1) is 0 Å². The van der Waals surface area contributed by atoms with E-state index in [2.05, 4.69) is 41.5 Å². The summed E-state index contributed by atoms with van der Waals surface area (Å²) in [5.41, 5.74) is 12.1. The van der Waals surface area contributed by atoms with Crippen LogP contribution in [0.15, 0.2) is 36.5 Å². The molecule has 3 aliphatic rings. The van der Waals surface area contributed by atoms with E-state index in [0.29, 0.717) is 32.1 Å². The highest BCUT2D eigenvalue weighted by Gasteiger charge is 2.36. The number of benzene rings is 1. The van der Waals surface area contributed by atoms with Crippen molar-refractivity contribution in [3.8, 4) is 0 Å². The Balaban J connectivity index is 1.29. The third kappa shape index (κ3) is 7.13. The number of urea groups is 2. The highest BCUT2D eigenvalue weighted by molar-refractivity contribution is 5.96. The summed E-state index contributed by atoms with van der Waals surface area (Å²) in [5.74, 6) is 0.419. The Morgan fingerprint density at radius 3 is 2.08 bits per heavy atom. The number of hydrogen-bond acceptors (Lipinski definition) is 6. The molecule has 3 aliphatic heterocycles. The minimum Gasteiger partial charge on any atom is -0.338 e. The maximum absolute atomic E-state index is 13.0. The molecule has 2 fully saturated rings. The summed E-state index contributed by atoms with van der Waals surface area (Å²) in [5, 5.41) is 5.81. The molecule has 0 bridgehead atoms. The fraction of sp³-hybridized carbons (Fsp3) is 0.621. The lowest BCUT2D eigenvalue weighted by Gasteiger charge is -2.40. The average Bonchev–Trinajstić information content (AvgIpc) is 2.88. The first-order valence-electron chi connectivity index (χ1n) is 14.2. The van der Waals surface area contributed by atoms with Gasteiger partial charge in [-0.25, -0.2) is 9.59 Å². The predicted octanol–water partition coefficient (Wildman–Crippen LogP) is 1.99. The van der Waals surface area contributed by atoms with E-state index in [1.54, 1.807) is 42.8 Å². The molecule has 0 aromatic heterocycles. The van der Waals surface area contributed by atoms with Crippen molar-refractivity contribution in [2.24, 2.45) is 17.4 Å². The zero-order valence-corrected chi connectivity index (χ0v) is 24.6. The lowest BCUT2D eigenvalue weighted by Crippen LogP contribution is -2.65. The zero-order valence-electron chi connectivity index (χ0n) is 24.6. The molecule has 6 N–H and O–H groups in total. The number of rotatable bonds is 6. The van der Waals surface area contributed by atoms with E-state index in [-0.39, 0.29) is 23.5 Å². The van der Waals surface area contributed by atoms with Gasteiger partial charge in [-0.3, -0.25) is 14.6 Å². The molecule has 1 unspecified atom stereocenters. The molecular weight excluding hydrogens is 508 g/mol. The van der Waals surface area contributed by atoms with Crippen LogP contribution in [0.5, 0.6) is 0 Å². The van der Waals surface area contributed by atoms with Crippen molar-refractivity contribution in [1.29, 1.82) is 0 Å². The van der Waals surface area contributed by atoms with E-state index in [1.807, 2.05) is 12.1 Å². The smallest absolute Gasteiger partial charge is 0.328 e. The lowest BCUT2D eigenvalue weighted by molar-refractivity contribution is -0.137. The van der Waals surface area contributed by atoms with Gasteiger partial charge in [0.15, 0.2) is 0 Å². The number of carbonyl (C=O) groups excluding carboxylic acids is 3. The fourth-order valence-corrected chi connectivity index (χ4v) is 5.57. The summed E-state index contributed by atoms with van der Waals surface area (Å²) < 4.78 is 0. The van der Waals surface area contributed by atoms with E-state index in [0.717, 1.165) is 38.2 Å². The quantitative estimate of drug-likeness (QED) is 0.424. The van der Waals surface area contributed by atoms with Gasteiger partial charge >= 0.3 is 12.1 Å². The summed E-state index contributed by atoms with van der Waals surface area (Å²) in [6.45, 7) is 13.9. The van der Waals surface area contributed by atoms with E-state index >= 15 is 0 Å². The molecule has 4 rings (SSSR count). The number of nitrogens with two attached hydrogens (primary N) is 2. The minimum absolute atomic E-state index is 0.131. The first-order chi connectivity index (χ1) is 18.6. The van der Waals surface area contributed by atoms with Crippen LogP contribution in [0, 0.1) is 5.92 Å². The Labute approximate surface area is 237 Å². The molecule has 1 atom stereocenters. The summed E-state index contributed by atoms with van der Waals surface area (Å²) >= 11 is 0. The molecule has 1 aromatic carbocycles. The maximum Gasteiger partial charge on any atom is 0.328 e. The van der Waals surface area contributed by atoms with Gasteiger partial charge in [-0.1, -0.05) is 12.1 Å². The zero-order chi connectivity index (χ0) is 29.3. The molecule has 11 heteroatoms. The SMILES string of the molecule is CC1(NC(=O)N2CCN(C(=O)C(C)(C)N)CC2)C=CN(c2ccc(CN3CCC(C(C)(C)N)CC3)cc2)C(=O)N1. The second kappa shape index (κ2) is 11.4. The number of nitrogens with zero attached hydrogens (tertiary/aromatic N) is 4. The van der Waals surface area contributed by atoms with Gasteiger partial charge < -0.3 is 31.9 Å². The average molecular weight is 555 g/mol. The Hall–Kier alpha value is -3.15. The molecule has 220 valence electrons. The van der Waals surface area contributed by atoms with Gasteiger partial charge in [0.25, 0.3) is 0 Å². The predicted molar refractivity (Wildman–Crippen MR) is 156 cm³/mol. The first-order valence-corrected chi connectivity index (χ1v) is 14.2. The second-order valence-corrected chi connectivity index (χ2v) is 12.8. The Morgan fingerprint density at radius 1 is 0.975 bits per heavy atom. The largest absolute Gasteiger partial charge is 0.338 e. The number of hydrogen-bond donors (Lipinski definition) is 4. The summed E-state index contributed by atoms with van der Waals surface area (Å²) in [6.07, 6.45) is 5.67. The van der Waals surface area contributed by atoms with E-state index < -0.39 is 11.2 Å². The molecule has 2 saturated heterocycles. The van der Waals surface area contributed by atoms with Crippen LogP contribution in [0.25, 0.3) is 0 Å². The number of piperidine rings is 1. The van der Waals surface area contributed by atoms with Crippen LogP contribution in [0.3, 0.4) is 0 Å². The third-order valence-electron chi connectivity index (χ3n) is 8.17. The first kappa shape index (κ1) is 29.8. The van der Waals surface area contributed by atoms with Crippen LogP contribution in [0.2, 0.25) is 0 Å². The standard InChI is InChI=1S/C29H46N8O3/c1-27(2,30)22-10-13-34(14-11-22)20-21-6-8-23(9-7-21)37-15-12-29(5,33-26(37)40)32-25(39)36-18-16-35(17-19-36)24(38)28(3,4)31/h6-9,12,15,22H,10-11,13-14,16-20,30-31H2,1-5H3,(H,32,39)(H,33,40). The summed E-state index contributed by atoms with van der Waals surface area (Å²) in [7, 11) is 0. The molecule has 0 radical (unpaired) electrons. The van der Waals surface area contributed by atoms with E-state index in [4.69, 9.17) is 11.5 Å². The van der Waals surface area contributed by atoms with Gasteiger partial charge in [0.2, 0.25) is 5.91 Å². The van der Waals surface area contributed by atoms with Crippen molar-refractivity contribution in [1.82, 2.24) is 25.3 Å². The molecule has 0 saturated carbocycles. The van der Waals surface area contributed by atoms with Gasteiger partial charge in [0, 0.05) is 44.5 Å². The van der Waals surface area contributed by atoms with Gasteiger partial charge in [0.1, 0.15) is 5.66 Å². The number of nitrogens with one attached hydrogen (secondary N) is 2. The van der Waals surface area contributed by atoms with Crippen LogP contribution >= 0.6 is 0 Å². The molecule has 3 heterocycles. The maximum atomic E-state index is 13.0. The highest BCUT2D eigenvalue weighted by Crippen LogP contribution is 2.27. The second-order valence-electron chi connectivity index (χ2n) is 12.8. The van der Waals surface area contributed by atoms with Gasteiger partial charge in [0.05, 0.1) is 11.2 Å². The Morgan fingerprint density at radius 2 is 1.55 bits per heavy atom. The number of piperazine rings is 1. The molecule has 0 aliphatic carbocycles. The molecule has 11 nitrogen and oxygen atoms in total. The van der Waals surface area contributed by atoms with Crippen LogP contribution < -0.4 is 27.0 Å². The number of carbonyl (C=O) groups is 3. The fourth-order valence-electron chi connectivity index (χ4n) is 5.57. The van der Waals surface area contributed by atoms with Crippen molar-refractivity contribution in [2.75, 3.05) is 44.2 Å². The number of amides is 5. The molecule has 5 amide bonds. The number of likely N-dealkylation sites (tertiary alicyclic amines) is 1. The van der Waals surface area contributed by atoms with E-state index in [1.165, 1.54) is 10.5 Å². The van der Waals surface area contributed by atoms with Crippen molar-refractivity contribution in [3.05, 3.63) is 42.1 Å². The normalized spacial score (nSPS) is 23.3. The van der Waals surface area contributed by atoms with E-state index in [9.17, 15) is 14.4 Å². The van der Waals surface area contributed by atoms with Crippen molar-refractivity contribution >= 4 is 23.7 Å². The van der Waals surface area contributed by atoms with Crippen LogP contribution in [0.1, 0.15) is 53.0 Å². The Bertz CT molecular complexity index is 1110. The van der Waals surface area contributed by atoms with Crippen LogP contribution in [0.4, 0.5) is 15.3 Å². The molecule has 40 heavy (non-hydrogen) atoms. The van der Waals surface area contributed by atoms with Crippen molar-refractivity contribution in [3.63, 3.8) is 0 Å². The molecular formula is C29H46N8O3. The number of anilines is 1. The minimum atomic E-state index is -1.04. The highest BCUT2D eigenvalue weighted by atomic mass is 16.2. The molecule has 1 aromatic rings. The van der Waals surface area contributed by atoms with Gasteiger partial charge in [-0.2, -0.15) is 0 Å². The molecule has 0 spiro atoms. The summed E-state index contributed by atoms with van der Waals surface area (Å²) in [4.78, 5) is 45.7. The third-order valence-corrected chi connectivity index (χ3v) is 8.17. The van der Waals surface area contributed by atoms with Crippen LogP contribution in [-0.2, 0) is 11.3 Å². The summed E-state index contributed by atoms with van der Waals surface area (Å²) in [6, 6.07) is 7.37. The van der Waals surface area contributed by atoms with Gasteiger partial charge in [-0.05, 0) is 90.2 Å². The van der Waals surface area contributed by atoms with Crippen LogP contribution in [-0.4, -0.2) is 88.7 Å². The van der Waals surface area contributed by atoms with Crippen molar-refractivity contribution < 1.29 is 14.4 Å². The Kier molecular flexibility index (Phi) is 8.49.